The van der Waals surface area contributed by atoms with Crippen LogP contribution in [0.5, 0.6) is 0 Å². The van der Waals surface area contributed by atoms with Crippen molar-refractivity contribution in [3.63, 3.8) is 0 Å². The highest BCUT2D eigenvalue weighted by atomic mass is 14.2. The van der Waals surface area contributed by atoms with E-state index in [9.17, 15) is 0 Å². The highest BCUT2D eigenvalue weighted by molar-refractivity contribution is 7.00. The minimum atomic E-state index is 0.131. The van der Waals surface area contributed by atoms with E-state index in [1.54, 1.807) is 0 Å². The fourth-order valence-electron chi connectivity index (χ4n) is 7.80. The van der Waals surface area contributed by atoms with Gasteiger partial charge in [0.15, 0.2) is 0 Å². The molecule has 0 heterocycles. The molecule has 0 aliphatic heterocycles. The van der Waals surface area contributed by atoms with E-state index >= 15 is 0 Å². The molecule has 7 aromatic rings. The van der Waals surface area contributed by atoms with Crippen LogP contribution in [0.2, 0.25) is 0 Å². The SMILES string of the molecule is Cc1ccc2c(C)cccc2c1B(C1=c2ccccc2=CCC1C)c1cccc(-c2c3ccccc3cc3ccccc23)c1. The van der Waals surface area contributed by atoms with Gasteiger partial charge in [-0.05, 0) is 91.7 Å². The molecule has 1 heteroatoms. The van der Waals surface area contributed by atoms with E-state index in [0.29, 0.717) is 5.92 Å². The second-order valence-electron chi connectivity index (χ2n) is 12.6. The van der Waals surface area contributed by atoms with Crippen molar-refractivity contribution in [2.45, 2.75) is 27.2 Å². The topological polar surface area (TPSA) is 0 Å². The van der Waals surface area contributed by atoms with Crippen LogP contribution in [0.1, 0.15) is 24.5 Å². The third-order valence-corrected chi connectivity index (χ3v) is 9.91. The lowest BCUT2D eigenvalue weighted by atomic mass is 9.32. The summed E-state index contributed by atoms with van der Waals surface area (Å²) >= 11 is 0. The molecule has 1 unspecified atom stereocenters. The van der Waals surface area contributed by atoms with E-state index in [0.717, 1.165) is 6.42 Å². The van der Waals surface area contributed by atoms with Crippen LogP contribution in [0.15, 0.2) is 133 Å². The first kappa shape index (κ1) is 26.7. The van der Waals surface area contributed by atoms with E-state index in [1.165, 1.54) is 81.4 Å². The zero-order chi connectivity index (χ0) is 29.8. The van der Waals surface area contributed by atoms with Crippen molar-refractivity contribution in [1.82, 2.24) is 0 Å². The number of benzene rings is 7. The van der Waals surface area contributed by atoms with Crippen LogP contribution in [0.4, 0.5) is 0 Å². The molecule has 1 aliphatic rings. The van der Waals surface area contributed by atoms with Crippen LogP contribution < -0.4 is 21.4 Å². The van der Waals surface area contributed by atoms with Gasteiger partial charge in [0.2, 0.25) is 6.71 Å². The predicted octanol–water partition coefficient (Wildman–Crippen LogP) is 8.25. The van der Waals surface area contributed by atoms with Crippen molar-refractivity contribution in [3.05, 3.63) is 155 Å². The summed E-state index contributed by atoms with van der Waals surface area (Å²) in [6.45, 7) is 7.09. The predicted molar refractivity (Wildman–Crippen MR) is 193 cm³/mol. The van der Waals surface area contributed by atoms with Gasteiger partial charge in [-0.3, -0.25) is 0 Å². The summed E-state index contributed by atoms with van der Waals surface area (Å²) in [7, 11) is 0. The molecule has 0 saturated carbocycles. The zero-order valence-corrected chi connectivity index (χ0v) is 25.6. The van der Waals surface area contributed by atoms with E-state index in [-0.39, 0.29) is 6.71 Å². The summed E-state index contributed by atoms with van der Waals surface area (Å²) in [6.07, 6.45) is 3.48. The van der Waals surface area contributed by atoms with Crippen LogP contribution in [0, 0.1) is 19.8 Å². The summed E-state index contributed by atoms with van der Waals surface area (Å²) in [5, 5.41) is 10.6. The van der Waals surface area contributed by atoms with Gasteiger partial charge in [-0.25, -0.2) is 0 Å². The first-order chi connectivity index (χ1) is 21.6. The second-order valence-corrected chi connectivity index (χ2v) is 12.6. The average molecular weight is 563 g/mol. The first-order valence-corrected chi connectivity index (χ1v) is 15.9. The smallest absolute Gasteiger partial charge is 0.0798 e. The molecule has 0 amide bonds. The van der Waals surface area contributed by atoms with Crippen LogP contribution in [-0.2, 0) is 0 Å². The Morgan fingerprint density at radius 1 is 0.568 bits per heavy atom. The van der Waals surface area contributed by atoms with Crippen LogP contribution in [0.25, 0.3) is 55.0 Å². The van der Waals surface area contributed by atoms with Crippen LogP contribution in [-0.4, -0.2) is 6.71 Å². The van der Waals surface area contributed by atoms with Crippen LogP contribution in [0.3, 0.4) is 0 Å². The lowest BCUT2D eigenvalue weighted by Gasteiger charge is -2.29. The van der Waals surface area contributed by atoms with E-state index in [2.05, 4.69) is 160 Å². The van der Waals surface area contributed by atoms with E-state index < -0.39 is 0 Å². The maximum atomic E-state index is 2.49. The number of hydrogen-bond donors (Lipinski definition) is 0. The number of hydrogen-bond acceptors (Lipinski definition) is 0. The second kappa shape index (κ2) is 10.7. The lowest BCUT2D eigenvalue weighted by molar-refractivity contribution is 0.788. The minimum absolute atomic E-state index is 0.131. The maximum Gasteiger partial charge on any atom is 0.239 e. The molecule has 0 spiro atoms. The van der Waals surface area contributed by atoms with Crippen molar-refractivity contribution < 1.29 is 0 Å². The van der Waals surface area contributed by atoms with Crippen molar-refractivity contribution in [3.8, 4) is 11.1 Å². The number of aryl methyl sites for hydroxylation is 2. The van der Waals surface area contributed by atoms with Gasteiger partial charge < -0.3 is 0 Å². The quantitative estimate of drug-likeness (QED) is 0.150. The first-order valence-electron chi connectivity index (χ1n) is 15.9. The molecule has 0 fully saturated rings. The minimum Gasteiger partial charge on any atom is -0.0798 e. The molecule has 44 heavy (non-hydrogen) atoms. The molecule has 8 rings (SSSR count). The van der Waals surface area contributed by atoms with Crippen molar-refractivity contribution in [2.75, 3.05) is 0 Å². The molecular weight excluding hydrogens is 527 g/mol. The Hall–Kier alpha value is -4.88. The Bertz CT molecular complexity index is 2310. The third-order valence-electron chi connectivity index (χ3n) is 9.91. The highest BCUT2D eigenvalue weighted by Gasteiger charge is 2.32. The van der Waals surface area contributed by atoms with Gasteiger partial charge in [0.05, 0.1) is 0 Å². The Labute approximate surface area is 260 Å². The number of rotatable bonds is 4. The lowest BCUT2D eigenvalue weighted by Crippen LogP contribution is -2.51. The van der Waals surface area contributed by atoms with Crippen molar-refractivity contribution in [2.24, 2.45) is 5.92 Å². The standard InChI is InChI=1S/C43H35B/c1-28-12-10-21-40-36(28)25-23-30(3)43(40)44(42-29(2)22-24-31-13-4-9-20-39(31)42)35-17-11-16-34(27-35)41-37-18-7-5-14-32(37)26-33-15-6-8-19-38(33)41/h4-21,23-27,29H,22H2,1-3H3. The molecule has 210 valence electrons. The summed E-state index contributed by atoms with van der Waals surface area (Å²) in [6, 6.07) is 49.9. The normalized spacial score (nSPS) is 14.5. The molecule has 7 aromatic carbocycles. The van der Waals surface area contributed by atoms with E-state index in [4.69, 9.17) is 0 Å². The molecular formula is C43H35B. The van der Waals surface area contributed by atoms with Crippen LogP contribution >= 0.6 is 0 Å². The molecule has 0 radical (unpaired) electrons. The molecule has 0 nitrogen and oxygen atoms in total. The van der Waals surface area contributed by atoms with Crippen molar-refractivity contribution >= 4 is 61.5 Å². The summed E-state index contributed by atoms with van der Waals surface area (Å²) in [5.41, 5.74) is 9.59. The molecule has 0 saturated heterocycles. The maximum absolute atomic E-state index is 2.49. The zero-order valence-electron chi connectivity index (χ0n) is 25.6. The molecule has 0 N–H and O–H groups in total. The fraction of sp³-hybridized carbons (Fsp3) is 0.116. The average Bonchev–Trinajstić information content (AvgIpc) is 3.06. The monoisotopic (exact) mass is 562 g/mol. The van der Waals surface area contributed by atoms with Gasteiger partial charge >= 0.3 is 0 Å². The highest BCUT2D eigenvalue weighted by Crippen LogP contribution is 2.36. The fourth-order valence-corrected chi connectivity index (χ4v) is 7.80. The van der Waals surface area contributed by atoms with Crippen molar-refractivity contribution in [1.29, 1.82) is 0 Å². The Morgan fingerprint density at radius 3 is 2.05 bits per heavy atom. The van der Waals surface area contributed by atoms with Gasteiger partial charge in [0.25, 0.3) is 0 Å². The third kappa shape index (κ3) is 4.30. The van der Waals surface area contributed by atoms with Gasteiger partial charge in [-0.2, -0.15) is 0 Å². The largest absolute Gasteiger partial charge is 0.239 e. The molecule has 0 aromatic heterocycles. The van der Waals surface area contributed by atoms with Gasteiger partial charge in [-0.15, -0.1) is 0 Å². The van der Waals surface area contributed by atoms with Gasteiger partial charge in [0, 0.05) is 0 Å². The Morgan fingerprint density at radius 2 is 1.25 bits per heavy atom. The summed E-state index contributed by atoms with van der Waals surface area (Å²) in [4.78, 5) is 0. The van der Waals surface area contributed by atoms with E-state index in [1.807, 2.05) is 0 Å². The van der Waals surface area contributed by atoms with Gasteiger partial charge in [-0.1, -0.05) is 162 Å². The van der Waals surface area contributed by atoms with Gasteiger partial charge in [0.1, 0.15) is 0 Å². The Kier molecular flexibility index (Phi) is 6.49. The molecule has 0 bridgehead atoms. The molecule has 1 aliphatic carbocycles. The molecule has 1 atom stereocenters. The summed E-state index contributed by atoms with van der Waals surface area (Å²) in [5.74, 6) is 0.427. The summed E-state index contributed by atoms with van der Waals surface area (Å²) < 4.78 is 0. The number of fused-ring (bicyclic) bond motifs is 4. The Balaban J connectivity index is 1.48.